The van der Waals surface area contributed by atoms with E-state index in [1.807, 2.05) is 12.1 Å². The molecule has 34 heavy (non-hydrogen) atoms. The molecule has 0 saturated heterocycles. The maximum atomic E-state index is 6.36. The number of aryl methyl sites for hydroxylation is 1. The van der Waals surface area contributed by atoms with Crippen LogP contribution >= 0.6 is 0 Å². The zero-order valence-corrected chi connectivity index (χ0v) is 18.8. The van der Waals surface area contributed by atoms with Crippen LogP contribution in [0.4, 0.5) is 0 Å². The van der Waals surface area contributed by atoms with E-state index in [0.29, 0.717) is 0 Å². The second-order valence-corrected chi connectivity index (χ2v) is 8.77. The van der Waals surface area contributed by atoms with E-state index in [4.69, 9.17) is 9.72 Å². The minimum absolute atomic E-state index is 0.862. The van der Waals surface area contributed by atoms with Crippen LogP contribution in [0.25, 0.3) is 49.7 Å². The smallest absolute Gasteiger partial charge is 0.153 e. The fourth-order valence-electron chi connectivity index (χ4n) is 5.04. The van der Waals surface area contributed by atoms with Crippen molar-refractivity contribution in [2.75, 3.05) is 0 Å². The molecule has 0 radical (unpaired) electrons. The lowest BCUT2D eigenvalue weighted by Crippen LogP contribution is -2.07. The Morgan fingerprint density at radius 2 is 1.35 bits per heavy atom. The van der Waals surface area contributed by atoms with Gasteiger partial charge >= 0.3 is 0 Å². The topological polar surface area (TPSA) is 27.1 Å². The summed E-state index contributed by atoms with van der Waals surface area (Å²) in [6, 6.07) is 36.4. The number of para-hydroxylation sites is 1. The highest BCUT2D eigenvalue weighted by atomic mass is 16.5. The van der Waals surface area contributed by atoms with Crippen LogP contribution in [0.15, 0.2) is 103 Å². The number of ether oxygens (including phenoxy) is 1. The molecule has 0 atom stereocenters. The lowest BCUT2D eigenvalue weighted by molar-refractivity contribution is 0.474. The molecule has 2 heterocycles. The number of hydrogen-bond donors (Lipinski definition) is 0. The normalized spacial score (nSPS) is 12.0. The molecule has 6 aromatic rings. The number of hydrogen-bond acceptors (Lipinski definition) is 2. The zero-order chi connectivity index (χ0) is 22.6. The van der Waals surface area contributed by atoms with Gasteiger partial charge in [0.15, 0.2) is 11.5 Å². The summed E-state index contributed by atoms with van der Waals surface area (Å²) in [5.74, 6) is 2.78. The molecule has 7 rings (SSSR count). The van der Waals surface area contributed by atoms with Gasteiger partial charge in [-0.3, -0.25) is 4.57 Å². The number of rotatable bonds is 3. The number of aromatic nitrogens is 2. The quantitative estimate of drug-likeness (QED) is 0.278. The van der Waals surface area contributed by atoms with Gasteiger partial charge in [-0.05, 0) is 69.4 Å². The Bertz CT molecular complexity index is 1710. The third-order valence-corrected chi connectivity index (χ3v) is 6.73. The van der Waals surface area contributed by atoms with Crippen LogP contribution in [0, 0.1) is 0 Å². The molecule has 1 aromatic heterocycles. The van der Waals surface area contributed by atoms with Crippen molar-refractivity contribution in [1.29, 1.82) is 0 Å². The van der Waals surface area contributed by atoms with Crippen LogP contribution in [0.5, 0.6) is 11.5 Å². The maximum absolute atomic E-state index is 6.36. The van der Waals surface area contributed by atoms with Crippen LogP contribution in [0.3, 0.4) is 0 Å². The highest BCUT2D eigenvalue weighted by Gasteiger charge is 2.23. The van der Waals surface area contributed by atoms with Crippen molar-refractivity contribution in [3.05, 3.63) is 109 Å². The first-order valence-electron chi connectivity index (χ1n) is 11.7. The van der Waals surface area contributed by atoms with Crippen molar-refractivity contribution in [2.24, 2.45) is 0 Å². The Labute approximate surface area is 197 Å². The molecule has 0 fully saturated rings. The van der Waals surface area contributed by atoms with E-state index in [9.17, 15) is 0 Å². The van der Waals surface area contributed by atoms with E-state index in [1.54, 1.807) is 0 Å². The summed E-state index contributed by atoms with van der Waals surface area (Å²) in [5, 5.41) is 2.47. The van der Waals surface area contributed by atoms with E-state index in [2.05, 4.69) is 102 Å². The number of nitrogens with zero attached hydrogens (tertiary/aromatic N) is 2. The molecule has 0 aliphatic carbocycles. The Morgan fingerprint density at radius 3 is 2.12 bits per heavy atom. The van der Waals surface area contributed by atoms with E-state index in [1.165, 1.54) is 27.5 Å². The van der Waals surface area contributed by atoms with Crippen molar-refractivity contribution in [3.8, 4) is 39.4 Å². The van der Waals surface area contributed by atoms with Crippen molar-refractivity contribution >= 4 is 21.8 Å². The van der Waals surface area contributed by atoms with Crippen LogP contribution < -0.4 is 4.74 Å². The first kappa shape index (κ1) is 19.1. The first-order valence-corrected chi connectivity index (χ1v) is 11.7. The summed E-state index contributed by atoms with van der Waals surface area (Å²) >= 11 is 0. The van der Waals surface area contributed by atoms with Crippen LogP contribution in [-0.2, 0) is 6.42 Å². The van der Waals surface area contributed by atoms with Gasteiger partial charge in [0.25, 0.3) is 0 Å². The predicted molar refractivity (Wildman–Crippen MR) is 139 cm³/mol. The minimum Gasteiger partial charge on any atom is -0.453 e. The highest BCUT2D eigenvalue weighted by molar-refractivity contribution is 5.92. The maximum Gasteiger partial charge on any atom is 0.153 e. The van der Waals surface area contributed by atoms with Crippen LogP contribution in [0.2, 0.25) is 0 Å². The number of benzene rings is 5. The van der Waals surface area contributed by atoms with Gasteiger partial charge in [-0.15, -0.1) is 0 Å². The molecule has 0 spiro atoms. The summed E-state index contributed by atoms with van der Waals surface area (Å²) in [6.07, 6.45) is 0.866. The van der Waals surface area contributed by atoms with E-state index < -0.39 is 0 Å². The van der Waals surface area contributed by atoms with Gasteiger partial charge < -0.3 is 4.74 Å². The first-order chi connectivity index (χ1) is 16.8. The molecule has 1 aliphatic rings. The number of fused-ring (bicyclic) bond motifs is 3. The fourth-order valence-corrected chi connectivity index (χ4v) is 5.04. The molecule has 3 heteroatoms. The molecule has 0 unspecified atom stereocenters. The summed E-state index contributed by atoms with van der Waals surface area (Å²) in [6.45, 7) is 2.15. The molecule has 3 nitrogen and oxygen atoms in total. The lowest BCUT2D eigenvalue weighted by atomic mass is 9.97. The Morgan fingerprint density at radius 1 is 0.647 bits per heavy atom. The third kappa shape index (κ3) is 2.87. The van der Waals surface area contributed by atoms with Gasteiger partial charge in [-0.25, -0.2) is 4.98 Å². The second-order valence-electron chi connectivity index (χ2n) is 8.77. The molecule has 0 saturated carbocycles. The molecule has 1 aliphatic heterocycles. The Kier molecular flexibility index (Phi) is 4.12. The predicted octanol–water partition coefficient (Wildman–Crippen LogP) is 8.18. The van der Waals surface area contributed by atoms with Crippen molar-refractivity contribution in [2.45, 2.75) is 13.3 Å². The molecule has 162 valence electrons. The van der Waals surface area contributed by atoms with E-state index in [0.717, 1.165) is 46.0 Å². The van der Waals surface area contributed by atoms with Gasteiger partial charge in [0.05, 0.1) is 11.2 Å². The van der Waals surface area contributed by atoms with Gasteiger partial charge in [-0.1, -0.05) is 73.7 Å². The lowest BCUT2D eigenvalue weighted by Gasteiger charge is -2.21. The van der Waals surface area contributed by atoms with Crippen molar-refractivity contribution in [1.82, 2.24) is 9.55 Å². The highest BCUT2D eigenvalue weighted by Crippen LogP contribution is 2.43. The molecule has 0 N–H and O–H groups in total. The average Bonchev–Trinajstić information content (AvgIpc) is 3.29. The van der Waals surface area contributed by atoms with E-state index in [-0.39, 0.29) is 0 Å². The Hall–Kier alpha value is -4.37. The summed E-state index contributed by atoms with van der Waals surface area (Å²) in [7, 11) is 0. The fraction of sp³-hybridized carbons (Fsp3) is 0.0645. The molecule has 5 aromatic carbocycles. The molecular weight excluding hydrogens is 416 g/mol. The van der Waals surface area contributed by atoms with Gasteiger partial charge in [0.1, 0.15) is 11.3 Å². The van der Waals surface area contributed by atoms with Crippen LogP contribution in [-0.4, -0.2) is 9.55 Å². The standard InChI is InChI=1S/C31H22N2O/c1-2-30-32-26-9-6-10-28-31(26)33(30)27-16-15-25(19-29(27)34-28)24-14-13-22-17-21(11-12-23(22)18-24)20-7-4-3-5-8-20/h3-19H,2H2,1H3. The van der Waals surface area contributed by atoms with Crippen molar-refractivity contribution < 1.29 is 4.74 Å². The third-order valence-electron chi connectivity index (χ3n) is 6.73. The van der Waals surface area contributed by atoms with Gasteiger partial charge in [-0.2, -0.15) is 0 Å². The number of imidazole rings is 1. The van der Waals surface area contributed by atoms with E-state index >= 15 is 0 Å². The SMILES string of the molecule is CCc1nc2cccc3c2n1-c1ccc(-c2ccc4cc(-c5ccccc5)ccc4c2)cc1O3. The molecular formula is C31H22N2O. The monoisotopic (exact) mass is 438 g/mol. The second kappa shape index (κ2) is 7.32. The zero-order valence-electron chi connectivity index (χ0n) is 18.8. The minimum atomic E-state index is 0.862. The van der Waals surface area contributed by atoms with Gasteiger partial charge in [0, 0.05) is 6.42 Å². The average molecular weight is 439 g/mol. The van der Waals surface area contributed by atoms with Gasteiger partial charge in [0.2, 0.25) is 0 Å². The largest absolute Gasteiger partial charge is 0.453 e. The summed E-state index contributed by atoms with van der Waals surface area (Å²) in [5.41, 5.74) is 7.88. The molecule has 0 bridgehead atoms. The van der Waals surface area contributed by atoms with Crippen molar-refractivity contribution in [3.63, 3.8) is 0 Å². The summed E-state index contributed by atoms with van der Waals surface area (Å²) < 4.78 is 8.61. The Balaban J connectivity index is 1.31. The molecule has 0 amide bonds. The van der Waals surface area contributed by atoms with Crippen LogP contribution in [0.1, 0.15) is 12.7 Å². The summed E-state index contributed by atoms with van der Waals surface area (Å²) in [4.78, 5) is 4.83.